The van der Waals surface area contributed by atoms with E-state index in [0.29, 0.717) is 0 Å². The summed E-state index contributed by atoms with van der Waals surface area (Å²) < 4.78 is 33.8. The fourth-order valence-electron chi connectivity index (χ4n) is 0. The van der Waals surface area contributed by atoms with Gasteiger partial charge < -0.3 is 19.6 Å². The zero-order valence-electron chi connectivity index (χ0n) is 6.79. The molecule has 0 aromatic carbocycles. The van der Waals surface area contributed by atoms with Gasteiger partial charge in [0.25, 0.3) is 0 Å². The van der Waals surface area contributed by atoms with Gasteiger partial charge in [-0.25, -0.2) is 18.3 Å². The van der Waals surface area contributed by atoms with E-state index in [0.717, 1.165) is 0 Å². The van der Waals surface area contributed by atoms with Gasteiger partial charge in [-0.3, -0.25) is 0 Å². The molecule has 0 heterocycles. The molecule has 14 heteroatoms. The van der Waals surface area contributed by atoms with Gasteiger partial charge in [0.2, 0.25) is 0 Å². The Kier molecular flexibility index (Phi) is 216. The van der Waals surface area contributed by atoms with Crippen LogP contribution in [0.15, 0.2) is 0 Å². The second-order valence-corrected chi connectivity index (χ2v) is 0.980. The standard InChI is InChI=1S/Al.Na.4HO2P/c;;4*1-3-2/h;;4*(H,1,2)/q+3;+1;;;;. The molecule has 0 fully saturated rings. The molecular formula is H4AlNaO8P4+4. The van der Waals surface area contributed by atoms with Gasteiger partial charge in [-0.1, -0.05) is 0 Å². The third kappa shape index (κ3) is 715. The van der Waals surface area contributed by atoms with Crippen molar-refractivity contribution in [2.24, 2.45) is 0 Å². The molecule has 0 aromatic rings. The van der Waals surface area contributed by atoms with Gasteiger partial charge in [0.05, 0.1) is 0 Å². The van der Waals surface area contributed by atoms with Crippen LogP contribution < -0.4 is 29.6 Å². The molecule has 72 valence electrons. The minimum atomic E-state index is -0.833. The molecule has 0 atom stereocenters. The van der Waals surface area contributed by atoms with Crippen LogP contribution in [0.1, 0.15) is 0 Å². The summed E-state index contributed by atoms with van der Waals surface area (Å²) in [6, 6.07) is 0. The van der Waals surface area contributed by atoms with Crippen LogP contribution in [0.2, 0.25) is 0 Å². The fraction of sp³-hybridized carbons (Fsp3) is 0. The predicted molar refractivity (Wildman–Crippen MR) is 45.1 cm³/mol. The molecule has 14 heavy (non-hydrogen) atoms. The van der Waals surface area contributed by atoms with E-state index in [2.05, 4.69) is 0 Å². The van der Waals surface area contributed by atoms with Crippen LogP contribution in [0, 0.1) is 0 Å². The van der Waals surface area contributed by atoms with Gasteiger partial charge in [-0.15, -0.1) is 0 Å². The van der Waals surface area contributed by atoms with Crippen molar-refractivity contribution in [2.75, 3.05) is 0 Å². The first-order valence-corrected chi connectivity index (χ1v) is 4.59. The second-order valence-electron chi connectivity index (χ2n) is 0.327. The van der Waals surface area contributed by atoms with E-state index in [1.807, 2.05) is 0 Å². The molecule has 0 unspecified atom stereocenters. The van der Waals surface area contributed by atoms with E-state index in [4.69, 9.17) is 37.8 Å². The van der Waals surface area contributed by atoms with Gasteiger partial charge in [-0.05, 0) is 0 Å². The van der Waals surface area contributed by atoms with E-state index in [1.54, 1.807) is 0 Å². The quantitative estimate of drug-likeness (QED) is 0.280. The van der Waals surface area contributed by atoms with Crippen LogP contribution in [-0.2, 0) is 18.3 Å². The molecular weight excluding hydrogens is 302 g/mol. The minimum Gasteiger partial charge on any atom is -0.310 e. The summed E-state index contributed by atoms with van der Waals surface area (Å²) in [7, 11) is -3.33. The van der Waals surface area contributed by atoms with Crippen molar-refractivity contribution in [3.05, 3.63) is 0 Å². The summed E-state index contributed by atoms with van der Waals surface area (Å²) in [6.45, 7) is 0. The van der Waals surface area contributed by atoms with Crippen LogP contribution in [-0.4, -0.2) is 36.9 Å². The monoisotopic (exact) mass is 306 g/mol. The summed E-state index contributed by atoms with van der Waals surface area (Å²) in [4.78, 5) is 27.9. The maximum atomic E-state index is 8.46. The van der Waals surface area contributed by atoms with Gasteiger partial charge >= 0.3 is 81.7 Å². The van der Waals surface area contributed by atoms with E-state index in [9.17, 15) is 0 Å². The molecule has 8 nitrogen and oxygen atoms in total. The summed E-state index contributed by atoms with van der Waals surface area (Å²) in [5, 5.41) is 0. The van der Waals surface area contributed by atoms with Gasteiger partial charge in [0.15, 0.2) is 0 Å². The predicted octanol–water partition coefficient (Wildman–Crippen LogP) is -2.64. The molecule has 0 saturated carbocycles. The van der Waals surface area contributed by atoms with Crippen LogP contribution in [0.5, 0.6) is 0 Å². The molecule has 0 amide bonds. The van der Waals surface area contributed by atoms with Gasteiger partial charge in [-0.2, -0.15) is 0 Å². The topological polar surface area (TPSA) is 149 Å². The fourth-order valence-corrected chi connectivity index (χ4v) is 0. The number of hydrogen-bond donors (Lipinski definition) is 4. The largest absolute Gasteiger partial charge is 3.00 e. The first-order valence-electron chi connectivity index (χ1n) is 1.53. The molecule has 0 aliphatic heterocycles. The Labute approximate surface area is 119 Å². The smallest absolute Gasteiger partial charge is 0.310 e. The van der Waals surface area contributed by atoms with E-state index in [-0.39, 0.29) is 46.9 Å². The van der Waals surface area contributed by atoms with Crippen molar-refractivity contribution >= 4 is 52.1 Å². The molecule has 4 N–H and O–H groups in total. The van der Waals surface area contributed by atoms with Crippen molar-refractivity contribution in [3.8, 4) is 0 Å². The zero-order valence-corrected chi connectivity index (χ0v) is 13.5. The zero-order chi connectivity index (χ0) is 10.8. The average molecular weight is 306 g/mol. The van der Waals surface area contributed by atoms with Gasteiger partial charge in [0, 0.05) is 0 Å². The summed E-state index contributed by atoms with van der Waals surface area (Å²) >= 11 is 0. The van der Waals surface area contributed by atoms with Gasteiger partial charge in [0.1, 0.15) is 0 Å². The Morgan fingerprint density at radius 2 is 0.571 bits per heavy atom. The van der Waals surface area contributed by atoms with Crippen molar-refractivity contribution in [3.63, 3.8) is 0 Å². The van der Waals surface area contributed by atoms with Crippen molar-refractivity contribution in [1.29, 1.82) is 0 Å². The van der Waals surface area contributed by atoms with Crippen LogP contribution in [0.3, 0.4) is 0 Å². The minimum absolute atomic E-state index is 0. The molecule has 0 aliphatic carbocycles. The van der Waals surface area contributed by atoms with Crippen molar-refractivity contribution in [1.82, 2.24) is 0 Å². The Morgan fingerprint density at radius 3 is 0.571 bits per heavy atom. The molecule has 0 radical (unpaired) electrons. The summed E-state index contributed by atoms with van der Waals surface area (Å²) in [5.41, 5.74) is 0. The van der Waals surface area contributed by atoms with E-state index < -0.39 is 34.7 Å². The Bertz CT molecular complexity index is 75.3. The normalized spacial score (nSPS) is 6.00. The van der Waals surface area contributed by atoms with Crippen LogP contribution in [0.25, 0.3) is 0 Å². The average Bonchev–Trinajstić information content (AvgIpc) is 1.92. The molecule has 0 spiro atoms. The molecule has 0 aromatic heterocycles. The molecule has 0 bridgehead atoms. The van der Waals surface area contributed by atoms with Crippen LogP contribution >= 0.6 is 34.7 Å². The third-order valence-corrected chi connectivity index (χ3v) is 0. The SMILES string of the molecule is O=PO.O=PO.O=PO.O=PO.[Al+3].[Na+]. The van der Waals surface area contributed by atoms with Crippen LogP contribution in [0.4, 0.5) is 0 Å². The number of rotatable bonds is 0. The molecule has 0 rings (SSSR count). The third-order valence-electron chi connectivity index (χ3n) is 0. The molecule has 0 saturated heterocycles. The van der Waals surface area contributed by atoms with Crippen molar-refractivity contribution < 1.29 is 67.4 Å². The number of hydrogen-bond acceptors (Lipinski definition) is 4. The van der Waals surface area contributed by atoms with Crippen molar-refractivity contribution in [2.45, 2.75) is 0 Å². The van der Waals surface area contributed by atoms with E-state index >= 15 is 0 Å². The maximum Gasteiger partial charge on any atom is 3.00 e. The maximum absolute atomic E-state index is 8.46. The second kappa shape index (κ2) is 84.1. The first-order chi connectivity index (χ1) is 5.66. The Balaban J connectivity index is -0.0000000145. The molecule has 0 aliphatic rings. The summed E-state index contributed by atoms with van der Waals surface area (Å²) in [5.74, 6) is 0. The van der Waals surface area contributed by atoms with E-state index in [1.165, 1.54) is 0 Å². The Morgan fingerprint density at radius 1 is 0.571 bits per heavy atom. The summed E-state index contributed by atoms with van der Waals surface area (Å²) in [6.07, 6.45) is 0. The Hall–Kier alpha value is 1.77. The first kappa shape index (κ1) is 36.0.